The number of aryl methyl sites for hydroxylation is 1. The molecule has 3 aliphatic heterocycles. The van der Waals surface area contributed by atoms with Crippen LogP contribution in [0.4, 0.5) is 11.4 Å². The lowest BCUT2D eigenvalue weighted by molar-refractivity contribution is -0.140. The molecule has 1 fully saturated rings. The van der Waals surface area contributed by atoms with Gasteiger partial charge in [-0.2, -0.15) is 0 Å². The predicted molar refractivity (Wildman–Crippen MR) is 120 cm³/mol. The molecule has 1 amide bonds. The minimum absolute atomic E-state index is 0.0963. The third kappa shape index (κ3) is 2.88. The van der Waals surface area contributed by atoms with Gasteiger partial charge in [0.15, 0.2) is 11.2 Å². The molecule has 0 radical (unpaired) electrons. The Hall–Kier alpha value is -4.30. The zero-order valence-electron chi connectivity index (χ0n) is 17.7. The first-order valence-corrected chi connectivity index (χ1v) is 10.6. The molecule has 3 aromatic rings. The van der Waals surface area contributed by atoms with Crippen molar-refractivity contribution in [2.45, 2.75) is 18.9 Å². The Labute approximate surface area is 188 Å². The Morgan fingerprint density at radius 1 is 0.939 bits per heavy atom. The summed E-state index contributed by atoms with van der Waals surface area (Å²) in [6.45, 7) is 1.94. The predicted octanol–water partition coefficient (Wildman–Crippen LogP) is 2.18. The quantitative estimate of drug-likeness (QED) is 0.569. The molecule has 1 saturated heterocycles. The van der Waals surface area contributed by atoms with Crippen molar-refractivity contribution in [1.29, 1.82) is 0 Å². The Bertz CT molecular complexity index is 1500. The van der Waals surface area contributed by atoms with Gasteiger partial charge in [-0.25, -0.2) is 14.8 Å². The average molecular weight is 437 g/mol. The molecule has 33 heavy (non-hydrogen) atoms. The number of nitrogens with zero attached hydrogens (tertiary/aromatic N) is 3. The van der Waals surface area contributed by atoms with E-state index in [0.717, 1.165) is 16.8 Å². The molecule has 2 N–H and O–H groups in total. The first-order valence-electron chi connectivity index (χ1n) is 10.6. The summed E-state index contributed by atoms with van der Waals surface area (Å²) >= 11 is 0. The van der Waals surface area contributed by atoms with E-state index in [0.29, 0.717) is 22.1 Å². The van der Waals surface area contributed by atoms with E-state index in [4.69, 9.17) is 14.8 Å². The number of anilines is 2. The largest absolute Gasteiger partial charge is 0.378 e. The van der Waals surface area contributed by atoms with Crippen LogP contribution in [0.1, 0.15) is 17.5 Å². The topological polar surface area (TPSA) is 95.4 Å². The van der Waals surface area contributed by atoms with Crippen molar-refractivity contribution < 1.29 is 14.4 Å². The van der Waals surface area contributed by atoms with Gasteiger partial charge < -0.3 is 10.2 Å². The van der Waals surface area contributed by atoms with Gasteiger partial charge in [0.2, 0.25) is 0 Å². The Morgan fingerprint density at radius 2 is 1.67 bits per heavy atom. The molecule has 1 atom stereocenters. The molecule has 8 nitrogen and oxygen atoms in total. The summed E-state index contributed by atoms with van der Waals surface area (Å²) in [7, 11) is 0. The highest BCUT2D eigenvalue weighted by Crippen LogP contribution is 2.44. The smallest absolute Gasteiger partial charge is 0.345 e. The van der Waals surface area contributed by atoms with E-state index >= 15 is 0 Å². The van der Waals surface area contributed by atoms with E-state index in [1.54, 1.807) is 5.01 Å². The number of carbonyl (C=O) groups excluding carboxylic acids is 2. The van der Waals surface area contributed by atoms with Crippen LogP contribution in [0, 0.1) is 6.92 Å². The molecule has 0 aromatic heterocycles. The number of hydrazine groups is 1. The fourth-order valence-corrected chi connectivity index (χ4v) is 4.55. The van der Waals surface area contributed by atoms with Gasteiger partial charge in [-0.05, 0) is 36.8 Å². The van der Waals surface area contributed by atoms with Crippen LogP contribution >= 0.6 is 0 Å². The first-order chi connectivity index (χ1) is 16.1. The second-order valence-electron chi connectivity index (χ2n) is 8.15. The summed E-state index contributed by atoms with van der Waals surface area (Å²) in [4.78, 5) is 41.3. The third-order valence-electron chi connectivity index (χ3n) is 6.14. The fraction of sp³-hybridized carbons (Fsp3) is 0.120. The van der Waals surface area contributed by atoms with E-state index in [-0.39, 0.29) is 18.0 Å². The zero-order chi connectivity index (χ0) is 22.6. The molecule has 0 saturated carbocycles. The van der Waals surface area contributed by atoms with Crippen LogP contribution in [0.2, 0.25) is 0 Å². The van der Waals surface area contributed by atoms with Crippen molar-refractivity contribution in [3.05, 3.63) is 106 Å². The van der Waals surface area contributed by atoms with Gasteiger partial charge in [0.1, 0.15) is 0 Å². The van der Waals surface area contributed by atoms with Crippen LogP contribution in [0.5, 0.6) is 0 Å². The van der Waals surface area contributed by atoms with E-state index in [1.807, 2.05) is 79.7 Å². The number of nitrogens with one attached hydrogen (secondary N) is 2. The Kier molecular flexibility index (Phi) is 4.18. The summed E-state index contributed by atoms with van der Waals surface area (Å²) in [5.41, 5.74) is 5.24. The lowest BCUT2D eigenvalue weighted by Crippen LogP contribution is -2.36. The molecule has 0 bridgehead atoms. The van der Waals surface area contributed by atoms with Crippen molar-refractivity contribution >= 4 is 23.3 Å². The highest BCUT2D eigenvalue weighted by molar-refractivity contribution is 6.06. The lowest BCUT2D eigenvalue weighted by atomic mass is 9.86. The number of para-hydroxylation sites is 4. The van der Waals surface area contributed by atoms with Crippen molar-refractivity contribution in [3.8, 4) is 0 Å². The van der Waals surface area contributed by atoms with E-state index in [1.165, 1.54) is 0 Å². The molecule has 3 aromatic carbocycles. The van der Waals surface area contributed by atoms with E-state index in [2.05, 4.69) is 10.9 Å². The molecule has 0 aliphatic carbocycles. The molecule has 6 rings (SSSR count). The zero-order valence-corrected chi connectivity index (χ0v) is 17.7. The number of fused-ring (bicyclic) bond motifs is 3. The Balaban J connectivity index is 1.65. The second kappa shape index (κ2) is 7.11. The van der Waals surface area contributed by atoms with Gasteiger partial charge in [-0.1, -0.05) is 54.1 Å². The molecular weight excluding hydrogens is 418 g/mol. The van der Waals surface area contributed by atoms with Crippen LogP contribution in [0.3, 0.4) is 0 Å². The van der Waals surface area contributed by atoms with Gasteiger partial charge >= 0.3 is 5.97 Å². The summed E-state index contributed by atoms with van der Waals surface area (Å²) in [6, 6.07) is 22.5. The van der Waals surface area contributed by atoms with Crippen molar-refractivity contribution in [2.24, 2.45) is 9.98 Å². The highest BCUT2D eigenvalue weighted by atomic mass is 16.7. The number of hydrogen-bond acceptors (Lipinski definition) is 7. The molecular formula is C25H19N5O3. The fourth-order valence-electron chi connectivity index (χ4n) is 4.55. The minimum Gasteiger partial charge on any atom is -0.345 e. The maximum absolute atomic E-state index is 13.4. The third-order valence-corrected chi connectivity index (χ3v) is 6.14. The minimum atomic E-state index is -1.25. The lowest BCUT2D eigenvalue weighted by Gasteiger charge is -2.24. The Morgan fingerprint density at radius 3 is 2.52 bits per heavy atom. The van der Waals surface area contributed by atoms with Gasteiger partial charge in [0.25, 0.3) is 5.91 Å². The van der Waals surface area contributed by atoms with Gasteiger partial charge in [0.05, 0.1) is 22.1 Å². The van der Waals surface area contributed by atoms with Crippen LogP contribution in [0.15, 0.2) is 94.2 Å². The summed E-state index contributed by atoms with van der Waals surface area (Å²) in [5, 5.41) is 5.70. The summed E-state index contributed by atoms with van der Waals surface area (Å²) in [6.07, 6.45) is 0.0963. The molecule has 1 spiro atoms. The van der Waals surface area contributed by atoms with Crippen molar-refractivity contribution in [1.82, 2.24) is 5.59 Å². The monoisotopic (exact) mass is 437 g/mol. The van der Waals surface area contributed by atoms with Crippen LogP contribution < -0.4 is 26.6 Å². The maximum Gasteiger partial charge on any atom is 0.378 e. The molecule has 3 aliphatic rings. The van der Waals surface area contributed by atoms with Gasteiger partial charge in [-0.3, -0.25) is 9.79 Å². The van der Waals surface area contributed by atoms with E-state index < -0.39 is 11.5 Å². The van der Waals surface area contributed by atoms with Crippen LogP contribution in [-0.2, 0) is 20.0 Å². The average Bonchev–Trinajstić information content (AvgIpc) is 3.25. The summed E-state index contributed by atoms with van der Waals surface area (Å²) in [5.74, 6) is -0.825. The van der Waals surface area contributed by atoms with Gasteiger partial charge in [0, 0.05) is 17.7 Å². The van der Waals surface area contributed by atoms with Crippen LogP contribution in [-0.4, -0.2) is 11.9 Å². The maximum atomic E-state index is 13.4. The number of hydrogen-bond donors (Lipinski definition) is 2. The second-order valence-corrected chi connectivity index (χ2v) is 8.15. The van der Waals surface area contributed by atoms with Gasteiger partial charge in [-0.15, -0.1) is 0 Å². The SMILES string of the molecule is Cc1ccccc1N1NOC(=O)/C1=C1\CC2(N=c3ccccc3=N1)C(=O)Nc1ccccc12. The first kappa shape index (κ1) is 19.4. The normalized spacial score (nSPS) is 23.2. The number of rotatable bonds is 1. The van der Waals surface area contributed by atoms with E-state index in [9.17, 15) is 9.59 Å². The number of amides is 1. The number of carbonyl (C=O) groups is 2. The summed E-state index contributed by atoms with van der Waals surface area (Å²) < 4.78 is 0. The molecule has 8 heteroatoms. The molecule has 1 unspecified atom stereocenters. The number of benzene rings is 3. The van der Waals surface area contributed by atoms with Crippen molar-refractivity contribution in [3.63, 3.8) is 0 Å². The highest BCUT2D eigenvalue weighted by Gasteiger charge is 2.49. The van der Waals surface area contributed by atoms with Crippen LogP contribution in [0.25, 0.3) is 0 Å². The molecule has 3 heterocycles. The standard InChI is InChI=1S/C25H19N5O3/c1-15-8-2-7-13-21(15)30-22(23(31)33-29-30)20-14-25(28-19-12-6-5-11-18(19)26-20)16-9-3-4-10-17(16)27-24(25)32/h2-13,29H,14H2,1H3,(H,27,32)/b22-20-. The van der Waals surface area contributed by atoms with Crippen molar-refractivity contribution in [2.75, 3.05) is 10.3 Å². The molecule has 162 valence electrons.